The van der Waals surface area contributed by atoms with Crippen molar-refractivity contribution in [3.8, 4) is 22.8 Å². The number of anilines is 1. The van der Waals surface area contributed by atoms with Crippen molar-refractivity contribution in [2.75, 3.05) is 10.6 Å². The number of carbonyl (C=O) groups excluding carboxylic acids is 1. The molecule has 28 heavy (non-hydrogen) atoms. The van der Waals surface area contributed by atoms with Crippen molar-refractivity contribution in [1.29, 1.82) is 0 Å². The number of aromatic nitrogens is 1. The molecule has 0 aliphatic heterocycles. The van der Waals surface area contributed by atoms with E-state index in [4.69, 9.17) is 8.84 Å². The Hall–Kier alpha value is -2.32. The van der Waals surface area contributed by atoms with Crippen molar-refractivity contribution in [2.24, 2.45) is 0 Å². The molecule has 0 atom stereocenters. The van der Waals surface area contributed by atoms with E-state index in [0.717, 1.165) is 16.2 Å². The third kappa shape index (κ3) is 4.56. The summed E-state index contributed by atoms with van der Waals surface area (Å²) in [6, 6.07) is 9.37. The van der Waals surface area contributed by atoms with Crippen molar-refractivity contribution in [3.05, 3.63) is 36.5 Å². The number of benzene rings is 1. The highest BCUT2D eigenvalue weighted by Gasteiger charge is 2.29. The van der Waals surface area contributed by atoms with Gasteiger partial charge in [-0.1, -0.05) is 34.1 Å². The van der Waals surface area contributed by atoms with Gasteiger partial charge in [0.1, 0.15) is 0 Å². The Bertz CT molecular complexity index is 992. The van der Waals surface area contributed by atoms with Crippen LogP contribution < -0.4 is 9.74 Å². The van der Waals surface area contributed by atoms with E-state index in [1.54, 1.807) is 12.3 Å². The summed E-state index contributed by atoms with van der Waals surface area (Å²) in [5.74, 6) is 0.259. The Morgan fingerprint density at radius 3 is 2.75 bits per heavy atom. The fourth-order valence-electron chi connectivity index (χ4n) is 2.78. The van der Waals surface area contributed by atoms with Crippen LogP contribution >= 0.6 is 15.9 Å². The summed E-state index contributed by atoms with van der Waals surface area (Å²) < 4.78 is 12.0. The van der Waals surface area contributed by atoms with E-state index in [9.17, 15) is 9.90 Å². The highest BCUT2D eigenvalue weighted by Crippen LogP contribution is 2.48. The zero-order valence-corrected chi connectivity index (χ0v) is 18.7. The monoisotopic (exact) mass is 462 g/mol. The first-order chi connectivity index (χ1) is 13.3. The number of nitrogens with one attached hydrogen (secondary N) is 1. The largest absolute Gasteiger partial charge is 0.538 e. The third-order valence-corrected chi connectivity index (χ3v) is 5.31. The van der Waals surface area contributed by atoms with Gasteiger partial charge in [0.15, 0.2) is 5.76 Å². The maximum atomic E-state index is 12.2. The summed E-state index contributed by atoms with van der Waals surface area (Å²) in [7, 11) is -2.07. The zero-order chi connectivity index (χ0) is 20.3. The van der Waals surface area contributed by atoms with Gasteiger partial charge in [0.25, 0.3) is 0 Å². The molecule has 2 heterocycles. The Labute approximate surface area is 173 Å². The Balaban J connectivity index is 2.09. The minimum atomic E-state index is -2.07. The molecular weight excluding hydrogens is 440 g/mol. The quantitative estimate of drug-likeness (QED) is 0.356. The van der Waals surface area contributed by atoms with Crippen LogP contribution in [-0.4, -0.2) is 29.6 Å². The van der Waals surface area contributed by atoms with E-state index in [-0.39, 0.29) is 29.1 Å². The van der Waals surface area contributed by atoms with Crippen LogP contribution in [0, 0.1) is 0 Å². The highest BCUT2D eigenvalue weighted by molar-refractivity contribution is 9.09. The lowest BCUT2D eigenvalue weighted by Gasteiger charge is -2.18. The van der Waals surface area contributed by atoms with Gasteiger partial charge in [0.05, 0.1) is 5.52 Å². The number of carbonyl (C=O) groups is 1. The normalized spacial score (nSPS) is 11.6. The van der Waals surface area contributed by atoms with Gasteiger partial charge in [-0.25, -0.2) is 0 Å². The van der Waals surface area contributed by atoms with Crippen LogP contribution in [0.25, 0.3) is 22.2 Å². The predicted octanol–water partition coefficient (Wildman–Crippen LogP) is 5.53. The van der Waals surface area contributed by atoms with E-state index in [0.29, 0.717) is 18.4 Å². The molecule has 0 aliphatic carbocycles. The molecule has 3 aromatic rings. The molecule has 6 nitrogen and oxygen atoms in total. The first-order valence-corrected chi connectivity index (χ1v) is 13.6. The molecule has 2 N–H and O–H groups in total. The summed E-state index contributed by atoms with van der Waals surface area (Å²) in [5.41, 5.74) is 1.47. The standard InChI is InChI=1S/C20H23BrN2O4Si/c1-28(2,3)27-19-17(25)18(26-20(19)23-16(24)9-6-11-21)14-10-12-22-15-8-5-4-7-13(14)15/h4-5,7-8,10,12,25H,6,9,11H2,1-3H3,(H,23,24). The smallest absolute Gasteiger partial charge is 0.245 e. The lowest BCUT2D eigenvalue weighted by Crippen LogP contribution is -2.29. The van der Waals surface area contributed by atoms with Gasteiger partial charge in [-0.3, -0.25) is 15.1 Å². The van der Waals surface area contributed by atoms with Gasteiger partial charge in [-0.15, -0.1) is 0 Å². The van der Waals surface area contributed by atoms with Crippen molar-refractivity contribution in [1.82, 2.24) is 4.98 Å². The van der Waals surface area contributed by atoms with Crippen molar-refractivity contribution in [2.45, 2.75) is 32.5 Å². The number of amides is 1. The minimum absolute atomic E-state index is 0.116. The number of hydrogen-bond donors (Lipinski definition) is 2. The second-order valence-electron chi connectivity index (χ2n) is 7.37. The van der Waals surface area contributed by atoms with Crippen LogP contribution in [0.5, 0.6) is 11.5 Å². The zero-order valence-electron chi connectivity index (χ0n) is 16.1. The van der Waals surface area contributed by atoms with Gasteiger partial charge in [0.2, 0.25) is 31.6 Å². The summed E-state index contributed by atoms with van der Waals surface area (Å²) in [5, 5.41) is 15.2. The SMILES string of the molecule is C[Si](C)(C)Oc1c(NC(=O)CCCBr)oc(-c2ccnc3ccccc23)c1O. The first-order valence-electron chi connectivity index (χ1n) is 9.05. The Morgan fingerprint density at radius 1 is 1.29 bits per heavy atom. The number of alkyl halides is 1. The highest BCUT2D eigenvalue weighted by atomic mass is 79.9. The summed E-state index contributed by atoms with van der Waals surface area (Å²) in [4.78, 5) is 16.6. The summed E-state index contributed by atoms with van der Waals surface area (Å²) >= 11 is 3.32. The second kappa shape index (κ2) is 8.36. The van der Waals surface area contributed by atoms with Crippen molar-refractivity contribution >= 4 is 46.9 Å². The molecule has 0 saturated heterocycles. The molecule has 8 heteroatoms. The number of fused-ring (bicyclic) bond motifs is 1. The molecule has 0 unspecified atom stereocenters. The number of rotatable bonds is 7. The Kier molecular flexibility index (Phi) is 6.10. The van der Waals surface area contributed by atoms with E-state index < -0.39 is 8.32 Å². The number of para-hydroxylation sites is 1. The molecule has 0 radical (unpaired) electrons. The van der Waals surface area contributed by atoms with E-state index >= 15 is 0 Å². The molecule has 2 aromatic heterocycles. The molecule has 0 saturated carbocycles. The molecule has 0 fully saturated rings. The molecule has 148 valence electrons. The summed E-state index contributed by atoms with van der Waals surface area (Å²) in [6.45, 7) is 5.99. The predicted molar refractivity (Wildman–Crippen MR) is 117 cm³/mol. The Morgan fingerprint density at radius 2 is 2.04 bits per heavy atom. The number of aromatic hydroxyl groups is 1. The van der Waals surface area contributed by atoms with Gasteiger partial charge in [-0.2, -0.15) is 0 Å². The lowest BCUT2D eigenvalue weighted by molar-refractivity contribution is -0.116. The van der Waals surface area contributed by atoms with E-state index in [1.165, 1.54) is 0 Å². The minimum Gasteiger partial charge on any atom is -0.538 e. The molecule has 3 rings (SSSR count). The van der Waals surface area contributed by atoms with Crippen LogP contribution in [0.4, 0.5) is 5.88 Å². The number of halogens is 1. The molecule has 1 aromatic carbocycles. The molecule has 0 spiro atoms. The second-order valence-corrected chi connectivity index (χ2v) is 12.6. The molecule has 1 amide bonds. The van der Waals surface area contributed by atoms with Gasteiger partial charge in [0, 0.05) is 28.9 Å². The van der Waals surface area contributed by atoms with Crippen molar-refractivity contribution < 1.29 is 18.7 Å². The number of pyridine rings is 1. The van der Waals surface area contributed by atoms with Gasteiger partial charge < -0.3 is 13.9 Å². The van der Waals surface area contributed by atoms with E-state index in [1.807, 2.05) is 43.9 Å². The molecule has 0 aliphatic rings. The maximum absolute atomic E-state index is 12.2. The van der Waals surface area contributed by atoms with Gasteiger partial charge in [-0.05, 0) is 38.2 Å². The average molecular weight is 463 g/mol. The number of nitrogens with zero attached hydrogens (tertiary/aromatic N) is 1. The van der Waals surface area contributed by atoms with Crippen LogP contribution in [0.1, 0.15) is 12.8 Å². The number of hydrogen-bond acceptors (Lipinski definition) is 5. The lowest BCUT2D eigenvalue weighted by atomic mass is 10.1. The fourth-order valence-corrected chi connectivity index (χ4v) is 3.87. The van der Waals surface area contributed by atoms with Crippen LogP contribution in [0.3, 0.4) is 0 Å². The van der Waals surface area contributed by atoms with Crippen LogP contribution in [0.2, 0.25) is 19.6 Å². The van der Waals surface area contributed by atoms with Gasteiger partial charge >= 0.3 is 0 Å². The first kappa shape index (κ1) is 20.4. The van der Waals surface area contributed by atoms with E-state index in [2.05, 4.69) is 26.2 Å². The topological polar surface area (TPSA) is 84.6 Å². The number of furan rings is 1. The summed E-state index contributed by atoms with van der Waals surface area (Å²) in [6.07, 6.45) is 2.70. The molecular formula is C20H23BrN2O4Si. The van der Waals surface area contributed by atoms with Crippen LogP contribution in [0.15, 0.2) is 40.9 Å². The third-order valence-electron chi connectivity index (χ3n) is 3.93. The fraction of sp³-hybridized carbons (Fsp3) is 0.300. The van der Waals surface area contributed by atoms with Crippen LogP contribution in [-0.2, 0) is 4.79 Å². The maximum Gasteiger partial charge on any atom is 0.245 e. The van der Waals surface area contributed by atoms with Crippen molar-refractivity contribution in [3.63, 3.8) is 0 Å². The average Bonchev–Trinajstić information content (AvgIpc) is 2.94. The molecule has 0 bridgehead atoms.